The zero-order valence-corrected chi connectivity index (χ0v) is 7.14. The second-order valence-electron chi connectivity index (χ2n) is 3.74. The van der Waals surface area contributed by atoms with Gasteiger partial charge in [0.1, 0.15) is 0 Å². The van der Waals surface area contributed by atoms with Gasteiger partial charge in [-0.05, 0) is 25.8 Å². The zero-order chi connectivity index (χ0) is 7.84. The summed E-state index contributed by atoms with van der Waals surface area (Å²) in [6.07, 6.45) is 1.35. The molecule has 2 saturated heterocycles. The molecule has 2 heteroatoms. The number of nitrogens with zero attached hydrogens (tertiary/aromatic N) is 1. The smallest absolute Gasteiger partial charge is 0.0331 e. The molecule has 0 aromatic rings. The van der Waals surface area contributed by atoms with Crippen LogP contribution in [0.5, 0.6) is 0 Å². The van der Waals surface area contributed by atoms with Crippen LogP contribution in [-0.4, -0.2) is 30.6 Å². The number of hydrogen-bond acceptors (Lipinski definition) is 2. The van der Waals surface area contributed by atoms with Gasteiger partial charge in [-0.25, -0.2) is 0 Å². The second-order valence-corrected chi connectivity index (χ2v) is 3.74. The fourth-order valence-electron chi connectivity index (χ4n) is 1.97. The first-order valence-corrected chi connectivity index (χ1v) is 4.41. The van der Waals surface area contributed by atoms with Crippen molar-refractivity contribution in [1.82, 2.24) is 10.2 Å². The molecule has 2 fully saturated rings. The van der Waals surface area contributed by atoms with Crippen molar-refractivity contribution < 1.29 is 0 Å². The minimum atomic E-state index is 0.764. The van der Waals surface area contributed by atoms with Gasteiger partial charge in [0.2, 0.25) is 0 Å². The molecular weight excluding hydrogens is 136 g/mol. The van der Waals surface area contributed by atoms with Crippen LogP contribution in [0.4, 0.5) is 0 Å². The number of hydrogen-bond donors (Lipinski definition) is 1. The quantitative estimate of drug-likeness (QED) is 0.598. The van der Waals surface area contributed by atoms with Crippen LogP contribution in [-0.2, 0) is 0 Å². The van der Waals surface area contributed by atoms with Crippen molar-refractivity contribution in [2.75, 3.05) is 19.6 Å². The maximum atomic E-state index is 3.96. The largest absolute Gasteiger partial charge is 0.374 e. The molecule has 2 heterocycles. The van der Waals surface area contributed by atoms with Crippen LogP contribution in [0.25, 0.3) is 0 Å². The molecule has 0 amide bonds. The van der Waals surface area contributed by atoms with E-state index in [9.17, 15) is 0 Å². The summed E-state index contributed by atoms with van der Waals surface area (Å²) in [5.41, 5.74) is 1.22. The average Bonchev–Trinajstić information content (AvgIpc) is 1.91. The molecule has 11 heavy (non-hydrogen) atoms. The molecule has 2 aliphatic rings. The molecule has 1 N–H and O–H groups in total. The molecule has 0 aromatic carbocycles. The van der Waals surface area contributed by atoms with Crippen LogP contribution in [0.2, 0.25) is 0 Å². The van der Waals surface area contributed by atoms with E-state index in [4.69, 9.17) is 0 Å². The van der Waals surface area contributed by atoms with Gasteiger partial charge in [0.15, 0.2) is 0 Å². The number of allylic oxidation sites excluding steroid dienone is 1. The van der Waals surface area contributed by atoms with Crippen molar-refractivity contribution in [2.24, 2.45) is 5.92 Å². The highest BCUT2D eigenvalue weighted by Gasteiger charge is 2.35. The Balaban J connectivity index is 1.93. The fraction of sp³-hybridized carbons (Fsp3) is 0.778. The normalized spacial score (nSPS) is 35.9. The molecule has 0 spiro atoms. The first-order valence-electron chi connectivity index (χ1n) is 4.41. The minimum Gasteiger partial charge on any atom is -0.374 e. The van der Waals surface area contributed by atoms with Crippen LogP contribution in [0.1, 0.15) is 13.3 Å². The SMILES string of the molecule is C=C(C)N1CCC2CNC2C1. The van der Waals surface area contributed by atoms with Gasteiger partial charge >= 0.3 is 0 Å². The molecule has 0 radical (unpaired) electrons. The summed E-state index contributed by atoms with van der Waals surface area (Å²) in [4.78, 5) is 2.38. The fourth-order valence-corrected chi connectivity index (χ4v) is 1.97. The molecule has 2 aliphatic heterocycles. The van der Waals surface area contributed by atoms with Crippen molar-refractivity contribution in [3.05, 3.63) is 12.3 Å². The van der Waals surface area contributed by atoms with Crippen LogP contribution >= 0.6 is 0 Å². The van der Waals surface area contributed by atoms with E-state index in [-0.39, 0.29) is 0 Å². The lowest BCUT2D eigenvalue weighted by molar-refractivity contribution is 0.108. The first kappa shape index (κ1) is 7.17. The van der Waals surface area contributed by atoms with Gasteiger partial charge in [0.25, 0.3) is 0 Å². The Morgan fingerprint density at radius 2 is 2.45 bits per heavy atom. The number of fused-ring (bicyclic) bond motifs is 1. The van der Waals surface area contributed by atoms with E-state index in [0.29, 0.717) is 0 Å². The van der Waals surface area contributed by atoms with Gasteiger partial charge in [-0.15, -0.1) is 0 Å². The standard InChI is InChI=1S/C9H16N2/c1-7(2)11-4-3-8-5-10-9(8)6-11/h8-10H,1,3-6H2,2H3. The highest BCUT2D eigenvalue weighted by Crippen LogP contribution is 2.25. The summed E-state index contributed by atoms with van der Waals surface area (Å²) in [6, 6.07) is 0.764. The van der Waals surface area contributed by atoms with Gasteiger partial charge in [-0.2, -0.15) is 0 Å². The highest BCUT2D eigenvalue weighted by molar-refractivity contribution is 5.00. The van der Waals surface area contributed by atoms with Crippen LogP contribution in [0, 0.1) is 5.92 Å². The summed E-state index contributed by atoms with van der Waals surface area (Å²) < 4.78 is 0. The highest BCUT2D eigenvalue weighted by atomic mass is 15.2. The Hall–Kier alpha value is -0.500. The summed E-state index contributed by atoms with van der Waals surface area (Å²) in [7, 11) is 0. The molecule has 2 rings (SSSR count). The molecule has 0 aliphatic carbocycles. The lowest BCUT2D eigenvalue weighted by Gasteiger charge is -2.47. The predicted molar refractivity (Wildman–Crippen MR) is 46.3 cm³/mol. The van der Waals surface area contributed by atoms with E-state index in [2.05, 4.69) is 23.7 Å². The number of rotatable bonds is 1. The van der Waals surface area contributed by atoms with Crippen LogP contribution in [0.3, 0.4) is 0 Å². The maximum absolute atomic E-state index is 3.96. The summed E-state index contributed by atoms with van der Waals surface area (Å²) in [5.74, 6) is 0.964. The van der Waals surface area contributed by atoms with Crippen molar-refractivity contribution >= 4 is 0 Å². The van der Waals surface area contributed by atoms with Crippen molar-refractivity contribution in [2.45, 2.75) is 19.4 Å². The monoisotopic (exact) mass is 152 g/mol. The van der Waals surface area contributed by atoms with Gasteiger partial charge in [-0.3, -0.25) is 0 Å². The third kappa shape index (κ3) is 1.16. The Morgan fingerprint density at radius 3 is 2.91 bits per heavy atom. The van der Waals surface area contributed by atoms with Gasteiger partial charge in [0.05, 0.1) is 0 Å². The Kier molecular flexibility index (Phi) is 1.64. The van der Waals surface area contributed by atoms with Crippen molar-refractivity contribution in [3.8, 4) is 0 Å². The maximum Gasteiger partial charge on any atom is 0.0331 e. The average molecular weight is 152 g/mol. The van der Waals surface area contributed by atoms with E-state index < -0.39 is 0 Å². The predicted octanol–water partition coefficient (Wildman–Crippen LogP) is 0.814. The lowest BCUT2D eigenvalue weighted by Crippen LogP contribution is -2.61. The topological polar surface area (TPSA) is 15.3 Å². The van der Waals surface area contributed by atoms with Gasteiger partial charge in [-0.1, -0.05) is 6.58 Å². The first-order chi connectivity index (χ1) is 5.27. The number of likely N-dealkylation sites (tertiary alicyclic amines) is 1. The summed E-state index contributed by atoms with van der Waals surface area (Å²) >= 11 is 0. The van der Waals surface area contributed by atoms with Gasteiger partial charge < -0.3 is 10.2 Å². The third-order valence-electron chi connectivity index (χ3n) is 2.94. The minimum absolute atomic E-state index is 0.764. The molecular formula is C9H16N2. The number of piperidine rings is 1. The van der Waals surface area contributed by atoms with Crippen molar-refractivity contribution in [1.29, 1.82) is 0 Å². The molecule has 0 saturated carbocycles. The molecule has 0 aromatic heterocycles. The summed E-state index contributed by atoms with van der Waals surface area (Å²) in [5, 5.41) is 3.45. The Labute approximate surface area is 68.3 Å². The van der Waals surface area contributed by atoms with E-state index in [1.165, 1.54) is 31.8 Å². The van der Waals surface area contributed by atoms with Crippen molar-refractivity contribution in [3.63, 3.8) is 0 Å². The number of nitrogens with one attached hydrogen (secondary N) is 1. The van der Waals surface area contributed by atoms with E-state index in [1.54, 1.807) is 0 Å². The van der Waals surface area contributed by atoms with Gasteiger partial charge in [0, 0.05) is 24.8 Å². The lowest BCUT2D eigenvalue weighted by atomic mass is 9.85. The van der Waals surface area contributed by atoms with Crippen LogP contribution in [0.15, 0.2) is 12.3 Å². The zero-order valence-electron chi connectivity index (χ0n) is 7.14. The molecule has 2 unspecified atom stereocenters. The third-order valence-corrected chi connectivity index (χ3v) is 2.94. The molecule has 62 valence electrons. The van der Waals surface area contributed by atoms with E-state index in [1.807, 2.05) is 0 Å². The Bertz CT molecular complexity index is 176. The molecule has 2 atom stereocenters. The summed E-state index contributed by atoms with van der Waals surface area (Å²) in [6.45, 7) is 9.70. The van der Waals surface area contributed by atoms with Crippen LogP contribution < -0.4 is 5.32 Å². The molecule has 0 bridgehead atoms. The van der Waals surface area contributed by atoms with E-state index >= 15 is 0 Å². The Morgan fingerprint density at radius 1 is 1.64 bits per heavy atom. The second kappa shape index (κ2) is 2.52. The van der Waals surface area contributed by atoms with E-state index in [0.717, 1.165) is 12.0 Å². The molecule has 2 nitrogen and oxygen atoms in total.